The van der Waals surface area contributed by atoms with E-state index in [1.165, 1.54) is 5.56 Å². The Balaban J connectivity index is 1.96. The summed E-state index contributed by atoms with van der Waals surface area (Å²) in [5.41, 5.74) is 4.07. The van der Waals surface area contributed by atoms with Gasteiger partial charge in [0, 0.05) is 11.9 Å². The van der Waals surface area contributed by atoms with Crippen molar-refractivity contribution in [2.45, 2.75) is 19.4 Å². The molecule has 2 heterocycles. The van der Waals surface area contributed by atoms with Crippen LogP contribution in [0.2, 0.25) is 0 Å². The van der Waals surface area contributed by atoms with Crippen molar-refractivity contribution in [3.63, 3.8) is 0 Å². The second-order valence-electron chi connectivity index (χ2n) is 5.11. The van der Waals surface area contributed by atoms with Crippen LogP contribution in [0.3, 0.4) is 0 Å². The molecule has 1 aromatic heterocycles. The maximum absolute atomic E-state index is 12.7. The van der Waals surface area contributed by atoms with Crippen LogP contribution in [0.4, 0.5) is 0 Å². The molecule has 1 aliphatic heterocycles. The monoisotopic (exact) mass is 287 g/mol. The van der Waals surface area contributed by atoms with Crippen molar-refractivity contribution in [1.82, 2.24) is 4.90 Å². The predicted molar refractivity (Wildman–Crippen MR) is 80.1 cm³/mol. The number of amides is 1. The summed E-state index contributed by atoms with van der Waals surface area (Å²) in [6.07, 6.45) is 0.849. The third-order valence-corrected chi connectivity index (χ3v) is 4.79. The lowest BCUT2D eigenvalue weighted by Crippen LogP contribution is -2.41. The number of fused-ring (bicyclic) bond motifs is 1. The summed E-state index contributed by atoms with van der Waals surface area (Å²) in [5, 5.41) is 13.6. The van der Waals surface area contributed by atoms with Crippen molar-refractivity contribution in [1.29, 1.82) is 0 Å². The average Bonchev–Trinajstić information content (AvgIpc) is 2.91. The Kier molecular flexibility index (Phi) is 3.59. The standard InChI is InChI=1S/C16H17NO2S/c1-11-9-20-10-14(11)16(19)17-7-6-12-4-2-3-5-13(12)15(17)8-18/h2-5,9-10,15,18H,6-8H2,1H3. The van der Waals surface area contributed by atoms with Gasteiger partial charge in [-0.25, -0.2) is 0 Å². The van der Waals surface area contributed by atoms with Crippen LogP contribution in [0.15, 0.2) is 35.0 Å². The fourth-order valence-corrected chi connectivity index (χ4v) is 3.65. The highest BCUT2D eigenvalue weighted by atomic mass is 32.1. The highest BCUT2D eigenvalue weighted by Gasteiger charge is 2.31. The molecule has 20 heavy (non-hydrogen) atoms. The molecule has 1 aliphatic rings. The number of aryl methyl sites for hydroxylation is 1. The predicted octanol–water partition coefficient (Wildman–Crippen LogP) is 2.79. The number of hydrogen-bond acceptors (Lipinski definition) is 3. The third-order valence-electron chi connectivity index (χ3n) is 3.93. The lowest BCUT2D eigenvalue weighted by Gasteiger charge is -2.36. The van der Waals surface area contributed by atoms with Crippen LogP contribution in [-0.4, -0.2) is 29.1 Å². The average molecular weight is 287 g/mol. The summed E-state index contributed by atoms with van der Waals surface area (Å²) >= 11 is 1.54. The zero-order valence-electron chi connectivity index (χ0n) is 11.4. The molecule has 0 radical (unpaired) electrons. The lowest BCUT2D eigenvalue weighted by atomic mass is 9.92. The first-order valence-corrected chi connectivity index (χ1v) is 7.69. The Morgan fingerprint density at radius 3 is 2.90 bits per heavy atom. The number of aliphatic hydroxyl groups is 1. The SMILES string of the molecule is Cc1cscc1C(=O)N1CCc2ccccc2C1CO. The van der Waals surface area contributed by atoms with Crippen LogP contribution in [0.1, 0.15) is 33.1 Å². The molecule has 0 saturated carbocycles. The van der Waals surface area contributed by atoms with Crippen molar-refractivity contribution >= 4 is 17.2 Å². The molecule has 0 spiro atoms. The molecular weight excluding hydrogens is 270 g/mol. The van der Waals surface area contributed by atoms with E-state index < -0.39 is 0 Å². The number of carbonyl (C=O) groups is 1. The van der Waals surface area contributed by atoms with E-state index in [1.54, 1.807) is 16.2 Å². The van der Waals surface area contributed by atoms with Gasteiger partial charge in [-0.05, 0) is 35.4 Å². The molecule has 3 nitrogen and oxygen atoms in total. The van der Waals surface area contributed by atoms with Crippen molar-refractivity contribution in [3.05, 3.63) is 57.3 Å². The number of aliphatic hydroxyl groups excluding tert-OH is 1. The molecular formula is C16H17NO2S. The summed E-state index contributed by atoms with van der Waals surface area (Å²) in [6.45, 7) is 2.58. The minimum atomic E-state index is -0.230. The van der Waals surface area contributed by atoms with Gasteiger partial charge >= 0.3 is 0 Å². The van der Waals surface area contributed by atoms with Crippen LogP contribution in [0, 0.1) is 6.92 Å². The number of thiophene rings is 1. The summed E-state index contributed by atoms with van der Waals surface area (Å²) in [6, 6.07) is 7.83. The van der Waals surface area contributed by atoms with Gasteiger partial charge in [0.25, 0.3) is 5.91 Å². The Morgan fingerprint density at radius 1 is 1.40 bits per heavy atom. The molecule has 3 rings (SSSR count). The van der Waals surface area contributed by atoms with Crippen LogP contribution < -0.4 is 0 Å². The molecule has 0 aliphatic carbocycles. The Morgan fingerprint density at radius 2 is 2.20 bits per heavy atom. The minimum absolute atomic E-state index is 0.0253. The fourth-order valence-electron chi connectivity index (χ4n) is 2.83. The van der Waals surface area contributed by atoms with Gasteiger partial charge in [0.1, 0.15) is 0 Å². The molecule has 4 heteroatoms. The molecule has 2 aromatic rings. The molecule has 1 aromatic carbocycles. The summed E-state index contributed by atoms with van der Waals surface area (Å²) in [4.78, 5) is 14.5. The van der Waals surface area contributed by atoms with E-state index in [9.17, 15) is 9.90 Å². The lowest BCUT2D eigenvalue weighted by molar-refractivity contribution is 0.0568. The zero-order chi connectivity index (χ0) is 14.1. The van der Waals surface area contributed by atoms with E-state index in [0.717, 1.165) is 23.1 Å². The van der Waals surface area contributed by atoms with Crippen molar-refractivity contribution < 1.29 is 9.90 Å². The number of benzene rings is 1. The Bertz CT molecular complexity index is 635. The summed E-state index contributed by atoms with van der Waals surface area (Å²) < 4.78 is 0. The van der Waals surface area contributed by atoms with Crippen molar-refractivity contribution in [2.24, 2.45) is 0 Å². The number of hydrogen-bond donors (Lipinski definition) is 1. The maximum atomic E-state index is 12.7. The van der Waals surface area contributed by atoms with Gasteiger partial charge in [-0.15, -0.1) is 0 Å². The molecule has 0 fully saturated rings. The first kappa shape index (κ1) is 13.3. The summed E-state index contributed by atoms with van der Waals surface area (Å²) in [7, 11) is 0. The van der Waals surface area contributed by atoms with Gasteiger partial charge in [0.05, 0.1) is 18.2 Å². The number of nitrogens with zero attached hydrogens (tertiary/aromatic N) is 1. The molecule has 0 bridgehead atoms. The van der Waals surface area contributed by atoms with Gasteiger partial charge in [-0.1, -0.05) is 24.3 Å². The highest BCUT2D eigenvalue weighted by molar-refractivity contribution is 7.08. The number of rotatable bonds is 2. The van der Waals surface area contributed by atoms with Crippen LogP contribution in [0.25, 0.3) is 0 Å². The van der Waals surface area contributed by atoms with E-state index in [1.807, 2.05) is 35.9 Å². The van der Waals surface area contributed by atoms with Gasteiger partial charge in [0.2, 0.25) is 0 Å². The first-order valence-electron chi connectivity index (χ1n) is 6.74. The fraction of sp³-hybridized carbons (Fsp3) is 0.312. The molecule has 1 atom stereocenters. The topological polar surface area (TPSA) is 40.5 Å². The van der Waals surface area contributed by atoms with E-state index in [-0.39, 0.29) is 18.6 Å². The van der Waals surface area contributed by atoms with Crippen LogP contribution in [-0.2, 0) is 6.42 Å². The number of carbonyl (C=O) groups excluding carboxylic acids is 1. The molecule has 1 amide bonds. The van der Waals surface area contributed by atoms with E-state index in [4.69, 9.17) is 0 Å². The quantitative estimate of drug-likeness (QED) is 0.922. The third kappa shape index (κ3) is 2.15. The second kappa shape index (κ2) is 5.38. The first-order chi connectivity index (χ1) is 9.72. The molecule has 0 saturated heterocycles. The normalized spacial score (nSPS) is 17.9. The van der Waals surface area contributed by atoms with Gasteiger partial charge in [-0.3, -0.25) is 4.79 Å². The van der Waals surface area contributed by atoms with Gasteiger partial charge < -0.3 is 10.0 Å². The van der Waals surface area contributed by atoms with Crippen molar-refractivity contribution in [2.75, 3.05) is 13.2 Å². The van der Waals surface area contributed by atoms with E-state index in [0.29, 0.717) is 6.54 Å². The Hall–Kier alpha value is -1.65. The van der Waals surface area contributed by atoms with Crippen LogP contribution >= 0.6 is 11.3 Å². The Labute approximate surface area is 122 Å². The van der Waals surface area contributed by atoms with E-state index in [2.05, 4.69) is 6.07 Å². The largest absolute Gasteiger partial charge is 0.394 e. The molecule has 104 valence electrons. The van der Waals surface area contributed by atoms with Gasteiger partial charge in [0.15, 0.2) is 0 Å². The maximum Gasteiger partial charge on any atom is 0.255 e. The zero-order valence-corrected chi connectivity index (χ0v) is 12.2. The van der Waals surface area contributed by atoms with Crippen LogP contribution in [0.5, 0.6) is 0 Å². The highest BCUT2D eigenvalue weighted by Crippen LogP contribution is 2.31. The van der Waals surface area contributed by atoms with Gasteiger partial charge in [-0.2, -0.15) is 11.3 Å². The second-order valence-corrected chi connectivity index (χ2v) is 5.86. The molecule has 1 N–H and O–H groups in total. The summed E-state index contributed by atoms with van der Waals surface area (Å²) in [5.74, 6) is 0.0253. The van der Waals surface area contributed by atoms with Crippen molar-refractivity contribution in [3.8, 4) is 0 Å². The smallest absolute Gasteiger partial charge is 0.255 e. The molecule has 1 unspecified atom stereocenters. The van der Waals surface area contributed by atoms with E-state index >= 15 is 0 Å². The minimum Gasteiger partial charge on any atom is -0.394 e.